The maximum absolute atomic E-state index is 2.65. The monoisotopic (exact) mass is 856 g/mol. The average molecular weight is 857 g/mol. The highest BCUT2D eigenvalue weighted by Gasteiger charge is 2.80. The molecule has 2 spiro atoms. The van der Waals surface area contributed by atoms with Gasteiger partial charge in [-0.25, -0.2) is 0 Å². The van der Waals surface area contributed by atoms with E-state index < -0.39 is 5.41 Å². The van der Waals surface area contributed by atoms with Crippen LogP contribution in [0.25, 0.3) is 27.5 Å². The lowest BCUT2D eigenvalue weighted by Crippen LogP contribution is -2.68. The first kappa shape index (κ1) is 35.7. The van der Waals surface area contributed by atoms with E-state index in [-0.39, 0.29) is 0 Å². The average Bonchev–Trinajstić information content (AvgIpc) is 4.09. The molecule has 2 aliphatic heterocycles. The lowest BCUT2D eigenvalue weighted by Gasteiger charge is -2.73. The Labute approximate surface area is 386 Å². The van der Waals surface area contributed by atoms with E-state index in [0.29, 0.717) is 16.2 Å². The number of rotatable bonds is 5. The molecule has 8 fully saturated rings. The predicted octanol–water partition coefficient (Wildman–Crippen LogP) is 15.6. The molecule has 7 aromatic carbocycles. The first-order valence-electron chi connectivity index (χ1n) is 25.1. The van der Waals surface area contributed by atoms with Gasteiger partial charge in [0.05, 0.1) is 27.8 Å². The molecule has 65 heavy (non-hydrogen) atoms. The topological polar surface area (TPSA) is 8.17 Å². The smallest absolute Gasteiger partial charge is 0.0765 e. The van der Waals surface area contributed by atoms with E-state index in [1.54, 1.807) is 11.1 Å². The number of para-hydroxylation sites is 3. The van der Waals surface area contributed by atoms with Crippen LogP contribution in [0.15, 0.2) is 168 Å². The van der Waals surface area contributed by atoms with Gasteiger partial charge in [0.25, 0.3) is 0 Å². The first-order chi connectivity index (χ1) is 32.1. The molecule has 8 saturated carbocycles. The first-order valence-corrected chi connectivity index (χ1v) is 25.9. The van der Waals surface area contributed by atoms with Crippen LogP contribution in [0.4, 0.5) is 17.1 Å². The molecule has 0 saturated heterocycles. The largest absolute Gasteiger partial charge is 0.309 e. The van der Waals surface area contributed by atoms with E-state index >= 15 is 0 Å². The van der Waals surface area contributed by atoms with Crippen molar-refractivity contribution in [3.8, 4) is 5.69 Å². The van der Waals surface area contributed by atoms with Gasteiger partial charge in [0.1, 0.15) is 0 Å². The summed E-state index contributed by atoms with van der Waals surface area (Å²) in [6.07, 6.45) is 14.6. The van der Waals surface area contributed by atoms with Crippen LogP contribution in [-0.4, -0.2) is 4.57 Å². The van der Waals surface area contributed by atoms with Crippen molar-refractivity contribution < 1.29 is 0 Å². The van der Waals surface area contributed by atoms with E-state index in [2.05, 4.69) is 167 Å². The van der Waals surface area contributed by atoms with E-state index in [1.807, 2.05) is 11.8 Å². The molecule has 3 heterocycles. The van der Waals surface area contributed by atoms with Gasteiger partial charge in [-0.1, -0.05) is 121 Å². The fourth-order valence-corrected chi connectivity index (χ4v) is 20.1. The normalized spacial score (nSPS) is 34.0. The molecule has 8 unspecified atom stereocenters. The third-order valence-corrected chi connectivity index (χ3v) is 21.8. The highest BCUT2D eigenvalue weighted by Crippen LogP contribution is 2.86. The summed E-state index contributed by atoms with van der Waals surface area (Å²) in [6, 6.07) is 62.4. The van der Waals surface area contributed by atoms with E-state index in [4.69, 9.17) is 0 Å². The summed E-state index contributed by atoms with van der Waals surface area (Å²) in [6.45, 7) is 0. The Kier molecular flexibility index (Phi) is 6.53. The molecule has 316 valence electrons. The van der Waals surface area contributed by atoms with E-state index in [9.17, 15) is 0 Å². The van der Waals surface area contributed by atoms with Crippen molar-refractivity contribution in [1.82, 2.24) is 4.57 Å². The Morgan fingerprint density at radius 2 is 1.15 bits per heavy atom. The summed E-state index contributed by atoms with van der Waals surface area (Å²) in [5.74, 6) is 5.68. The summed E-state index contributed by atoms with van der Waals surface area (Å²) >= 11 is 1.98. The molecule has 1 aromatic heterocycles. The molecular weight excluding hydrogens is 805 g/mol. The number of anilines is 3. The summed E-state index contributed by atoms with van der Waals surface area (Å²) in [7, 11) is 0. The second kappa shape index (κ2) is 11.9. The van der Waals surface area contributed by atoms with Gasteiger partial charge in [0.2, 0.25) is 0 Å². The quantitative estimate of drug-likeness (QED) is 0.170. The molecule has 18 rings (SSSR count). The zero-order valence-electron chi connectivity index (χ0n) is 36.8. The van der Waals surface area contributed by atoms with Crippen LogP contribution in [0.5, 0.6) is 0 Å². The van der Waals surface area contributed by atoms with Gasteiger partial charge < -0.3 is 9.47 Å². The summed E-state index contributed by atoms with van der Waals surface area (Å²) < 4.78 is 2.57. The maximum Gasteiger partial charge on any atom is 0.0765 e. The molecule has 0 radical (unpaired) electrons. The van der Waals surface area contributed by atoms with Gasteiger partial charge in [-0.15, -0.1) is 0 Å². The van der Waals surface area contributed by atoms with E-state index in [1.165, 1.54) is 141 Å². The minimum absolute atomic E-state index is 0.397. The Morgan fingerprint density at radius 1 is 0.477 bits per heavy atom. The fraction of sp³-hybridized carbons (Fsp3) is 0.323. The van der Waals surface area contributed by atoms with Gasteiger partial charge >= 0.3 is 0 Å². The number of benzene rings is 7. The third-order valence-electron chi connectivity index (χ3n) is 20.6. The number of nitrogens with zero attached hydrogens (tertiary/aromatic N) is 2. The summed E-state index contributed by atoms with van der Waals surface area (Å²) in [4.78, 5) is 5.34. The second-order valence-corrected chi connectivity index (χ2v) is 23.7. The molecule has 10 aliphatic rings. The zero-order valence-corrected chi connectivity index (χ0v) is 37.7. The number of aromatic nitrogens is 1. The van der Waals surface area contributed by atoms with Gasteiger partial charge in [-0.3, -0.25) is 0 Å². The van der Waals surface area contributed by atoms with E-state index in [0.717, 1.165) is 35.5 Å². The van der Waals surface area contributed by atoms with Crippen molar-refractivity contribution in [3.63, 3.8) is 0 Å². The van der Waals surface area contributed by atoms with Gasteiger partial charge in [-0.05, 0) is 192 Å². The van der Waals surface area contributed by atoms with Crippen LogP contribution >= 0.6 is 11.8 Å². The minimum Gasteiger partial charge on any atom is -0.309 e. The Balaban J connectivity index is 0.892. The zero-order chi connectivity index (χ0) is 42.0. The minimum atomic E-state index is -0.520. The van der Waals surface area contributed by atoms with Crippen LogP contribution in [0.1, 0.15) is 97.6 Å². The lowest BCUT2D eigenvalue weighted by atomic mass is 9.31. The van der Waals surface area contributed by atoms with Crippen molar-refractivity contribution in [2.45, 2.75) is 90.2 Å². The number of fused-ring (bicyclic) bond motifs is 12. The maximum atomic E-state index is 2.65. The van der Waals surface area contributed by atoms with Crippen molar-refractivity contribution in [1.29, 1.82) is 0 Å². The SMILES string of the molecule is c1ccc2c(c1)Sc1c(N(c3ccc(C45CC6CC(CC4C6)C5)cc3)c3ccc(C45CC6CC7CC(C4)C75C6)cc3)cccc1C21c2ccccc2-n2c3ccccc3c3cccc1c32. The van der Waals surface area contributed by atoms with Crippen molar-refractivity contribution in [2.24, 2.45) is 40.9 Å². The second-order valence-electron chi connectivity index (χ2n) is 22.7. The number of hydrogen-bond acceptors (Lipinski definition) is 2. The van der Waals surface area contributed by atoms with Crippen LogP contribution in [0.3, 0.4) is 0 Å². The van der Waals surface area contributed by atoms with Crippen LogP contribution in [-0.2, 0) is 16.2 Å². The molecule has 0 N–H and O–H groups in total. The molecule has 2 nitrogen and oxygen atoms in total. The van der Waals surface area contributed by atoms with Gasteiger partial charge in [0.15, 0.2) is 0 Å². The molecule has 8 atom stereocenters. The third kappa shape index (κ3) is 4.02. The summed E-state index contributed by atoms with van der Waals surface area (Å²) in [5.41, 5.74) is 17.3. The fourth-order valence-electron chi connectivity index (χ4n) is 18.8. The van der Waals surface area contributed by atoms with Gasteiger partial charge in [0, 0.05) is 37.4 Å². The van der Waals surface area contributed by atoms with Crippen LogP contribution in [0.2, 0.25) is 0 Å². The Bertz CT molecular complexity index is 3380. The molecule has 8 aliphatic carbocycles. The Morgan fingerprint density at radius 3 is 1.97 bits per heavy atom. The highest BCUT2D eigenvalue weighted by molar-refractivity contribution is 7.99. The van der Waals surface area contributed by atoms with Crippen molar-refractivity contribution in [3.05, 3.63) is 191 Å². The Hall–Kier alpha value is -5.51. The molecule has 6 bridgehead atoms. The number of hydrogen-bond donors (Lipinski definition) is 0. The lowest BCUT2D eigenvalue weighted by molar-refractivity contribution is -0.198. The molecule has 3 heteroatoms. The molecular formula is C62H52N2S. The van der Waals surface area contributed by atoms with Crippen LogP contribution in [0, 0.1) is 40.9 Å². The standard InChI is InChI=1S/C62H52N2S/c1-4-15-53-47(9-1)48-10-7-13-51-57(48)64(53)54-16-5-2-11-49(54)62(51)50-12-3-6-18-56(50)65-58-52(62)14-8-17-55(58)63(45-23-19-40(20-24-45)59-32-37-27-38(33-59)29-42(59)28-37)46-25-21-41(22-26-46)60-34-39-30-43-31-44(36-60)61(43,60)35-39/h1-26,37-39,42-44H,27-36H2. The molecule has 0 amide bonds. The van der Waals surface area contributed by atoms with Crippen LogP contribution < -0.4 is 4.90 Å². The predicted molar refractivity (Wildman–Crippen MR) is 264 cm³/mol. The van der Waals surface area contributed by atoms with Crippen molar-refractivity contribution >= 4 is 50.6 Å². The highest BCUT2D eigenvalue weighted by atomic mass is 32.2. The van der Waals surface area contributed by atoms with Gasteiger partial charge in [-0.2, -0.15) is 0 Å². The summed E-state index contributed by atoms with van der Waals surface area (Å²) in [5, 5.41) is 2.64. The molecule has 8 aromatic rings. The van der Waals surface area contributed by atoms with Crippen molar-refractivity contribution in [2.75, 3.05) is 4.90 Å².